The zero-order chi connectivity index (χ0) is 20.5. The van der Waals surface area contributed by atoms with Crippen molar-refractivity contribution in [2.24, 2.45) is 0 Å². The molecule has 0 spiro atoms. The fourth-order valence-electron chi connectivity index (χ4n) is 3.82. The summed E-state index contributed by atoms with van der Waals surface area (Å²) < 4.78 is 8.64. The molecule has 28 heavy (non-hydrogen) atoms. The van der Waals surface area contributed by atoms with E-state index in [1.54, 1.807) is 7.11 Å². The highest BCUT2D eigenvalue weighted by molar-refractivity contribution is 5.76. The fraction of sp³-hybridized carbons (Fsp3) is 0.667. The van der Waals surface area contributed by atoms with Gasteiger partial charge in [-0.1, -0.05) is 27.2 Å². The third-order valence-corrected chi connectivity index (χ3v) is 5.74. The molecule has 2 aromatic heterocycles. The molecule has 7 heteroatoms. The number of unbranched alkanes of at least 4 members (excludes halogenated alkanes) is 1. The predicted octanol–water partition coefficient (Wildman–Crippen LogP) is 2.65. The first-order valence-electron chi connectivity index (χ1n) is 10.2. The van der Waals surface area contributed by atoms with Crippen LogP contribution in [0.25, 0.3) is 5.52 Å². The van der Waals surface area contributed by atoms with Crippen molar-refractivity contribution in [2.45, 2.75) is 83.9 Å². The first-order chi connectivity index (χ1) is 13.3. The van der Waals surface area contributed by atoms with Gasteiger partial charge in [0.2, 0.25) is 5.91 Å². The Kier molecular flexibility index (Phi) is 5.93. The maximum Gasteiger partial charge on any atom is 0.291 e. The van der Waals surface area contributed by atoms with E-state index in [9.17, 15) is 9.59 Å². The molecule has 0 atom stereocenters. The van der Waals surface area contributed by atoms with Crippen molar-refractivity contribution in [3.8, 4) is 0 Å². The van der Waals surface area contributed by atoms with Crippen molar-refractivity contribution in [3.05, 3.63) is 34.0 Å². The van der Waals surface area contributed by atoms with Gasteiger partial charge in [-0.15, -0.1) is 0 Å². The molecule has 0 aromatic carbocycles. The Hall–Kier alpha value is -2.15. The Morgan fingerprint density at radius 1 is 1.43 bits per heavy atom. The number of carbonyl (C=O) groups excluding carboxylic acids is 1. The van der Waals surface area contributed by atoms with Crippen molar-refractivity contribution in [1.29, 1.82) is 0 Å². The number of nitrogens with one attached hydrogen (secondary N) is 1. The number of amides is 1. The summed E-state index contributed by atoms with van der Waals surface area (Å²) in [6.45, 7) is 8.31. The van der Waals surface area contributed by atoms with Crippen LogP contribution in [-0.2, 0) is 22.5 Å². The van der Waals surface area contributed by atoms with Crippen molar-refractivity contribution < 1.29 is 9.53 Å². The topological polar surface area (TPSA) is 77.6 Å². The summed E-state index contributed by atoms with van der Waals surface area (Å²) in [5.41, 5.74) is 1.32. The maximum absolute atomic E-state index is 12.9. The Morgan fingerprint density at radius 2 is 2.14 bits per heavy atom. The minimum Gasteiger partial charge on any atom is -0.378 e. The van der Waals surface area contributed by atoms with Gasteiger partial charge in [-0.05, 0) is 43.7 Å². The predicted molar refractivity (Wildman–Crippen MR) is 109 cm³/mol. The third kappa shape index (κ3) is 4.14. The number of carbonyl (C=O) groups is 1. The average molecular weight is 389 g/mol. The second-order valence-electron chi connectivity index (χ2n) is 8.49. The highest BCUT2D eigenvalue weighted by Gasteiger charge is 2.41. The minimum absolute atomic E-state index is 0.0587. The number of fused-ring (bicyclic) bond motifs is 1. The lowest BCUT2D eigenvalue weighted by Crippen LogP contribution is -2.55. The molecule has 1 aliphatic rings. The zero-order valence-electron chi connectivity index (χ0n) is 17.6. The number of aromatic nitrogens is 3. The van der Waals surface area contributed by atoms with Crippen LogP contribution < -0.4 is 10.9 Å². The van der Waals surface area contributed by atoms with Crippen LogP contribution in [0.3, 0.4) is 0 Å². The highest BCUT2D eigenvalue weighted by Crippen LogP contribution is 2.34. The molecule has 1 saturated carbocycles. The Labute approximate surface area is 166 Å². The molecule has 0 radical (unpaired) electrons. The number of nitrogens with zero attached hydrogens (tertiary/aromatic N) is 3. The summed E-state index contributed by atoms with van der Waals surface area (Å²) in [5.74, 6) is 0.967. The second kappa shape index (κ2) is 8.07. The van der Waals surface area contributed by atoms with Crippen molar-refractivity contribution >= 4 is 11.4 Å². The van der Waals surface area contributed by atoms with Crippen LogP contribution in [0.15, 0.2) is 17.1 Å². The van der Waals surface area contributed by atoms with E-state index in [0.29, 0.717) is 11.4 Å². The van der Waals surface area contributed by atoms with Gasteiger partial charge in [-0.25, -0.2) is 4.68 Å². The van der Waals surface area contributed by atoms with Crippen LogP contribution in [-0.4, -0.2) is 38.8 Å². The number of methoxy groups -OCH3 is 1. The minimum atomic E-state index is -0.224. The van der Waals surface area contributed by atoms with Crippen molar-refractivity contribution in [2.75, 3.05) is 7.11 Å². The van der Waals surface area contributed by atoms with Crippen LogP contribution in [0.4, 0.5) is 0 Å². The van der Waals surface area contributed by atoms with E-state index in [2.05, 4.69) is 31.2 Å². The van der Waals surface area contributed by atoms with Gasteiger partial charge in [0.25, 0.3) is 5.56 Å². The van der Waals surface area contributed by atoms with Gasteiger partial charge in [0, 0.05) is 25.8 Å². The van der Waals surface area contributed by atoms with Crippen LogP contribution >= 0.6 is 0 Å². The summed E-state index contributed by atoms with van der Waals surface area (Å²) in [4.78, 5) is 25.4. The molecule has 2 heterocycles. The van der Waals surface area contributed by atoms with E-state index in [1.807, 2.05) is 23.6 Å². The fourth-order valence-corrected chi connectivity index (χ4v) is 3.82. The number of hydrogen-bond acceptors (Lipinski definition) is 4. The van der Waals surface area contributed by atoms with Gasteiger partial charge in [0.1, 0.15) is 17.9 Å². The molecule has 1 amide bonds. The molecular weight excluding hydrogens is 356 g/mol. The summed E-state index contributed by atoms with van der Waals surface area (Å²) in [5, 5.41) is 7.52. The molecule has 0 saturated heterocycles. The molecular formula is C21H32N4O3. The zero-order valence-corrected chi connectivity index (χ0v) is 17.6. The molecule has 0 bridgehead atoms. The maximum atomic E-state index is 12.9. The van der Waals surface area contributed by atoms with Crippen LogP contribution in [0.1, 0.15) is 70.7 Å². The first-order valence-corrected chi connectivity index (χ1v) is 10.2. The molecule has 0 unspecified atom stereocenters. The van der Waals surface area contributed by atoms with Crippen LogP contribution in [0, 0.1) is 0 Å². The number of ether oxygens (including phenoxy) is 1. The smallest absolute Gasteiger partial charge is 0.291 e. The molecule has 1 N–H and O–H groups in total. The SMILES string of the molecule is CCCCc1nn(CC(=O)NC2CC(C)(OC)C2)c(=O)c2cc(C(C)C)cn12. The Morgan fingerprint density at radius 3 is 2.75 bits per heavy atom. The third-order valence-electron chi connectivity index (χ3n) is 5.74. The Balaban J connectivity index is 1.83. The van der Waals surface area contributed by atoms with Crippen LogP contribution in [0.2, 0.25) is 0 Å². The van der Waals surface area contributed by atoms with Gasteiger partial charge in [0.15, 0.2) is 0 Å². The summed E-state index contributed by atoms with van der Waals surface area (Å²) >= 11 is 0. The van der Waals surface area contributed by atoms with E-state index in [1.165, 1.54) is 4.68 Å². The molecule has 3 rings (SSSR count). The lowest BCUT2D eigenvalue weighted by molar-refractivity contribution is -0.127. The Bertz CT molecular complexity index is 906. The molecule has 1 aliphatic carbocycles. The van der Waals surface area contributed by atoms with E-state index >= 15 is 0 Å². The van der Waals surface area contributed by atoms with Gasteiger partial charge < -0.3 is 10.1 Å². The van der Waals surface area contributed by atoms with Gasteiger partial charge >= 0.3 is 0 Å². The summed E-state index contributed by atoms with van der Waals surface area (Å²) in [7, 11) is 1.69. The number of aryl methyl sites for hydroxylation is 1. The lowest BCUT2D eigenvalue weighted by Gasteiger charge is -2.44. The largest absolute Gasteiger partial charge is 0.378 e. The first kappa shape index (κ1) is 20.6. The van der Waals surface area contributed by atoms with E-state index in [-0.39, 0.29) is 29.7 Å². The van der Waals surface area contributed by atoms with E-state index in [0.717, 1.165) is 43.5 Å². The van der Waals surface area contributed by atoms with E-state index in [4.69, 9.17) is 4.74 Å². The highest BCUT2D eigenvalue weighted by atomic mass is 16.5. The van der Waals surface area contributed by atoms with Gasteiger partial charge in [-0.3, -0.25) is 14.0 Å². The van der Waals surface area contributed by atoms with Gasteiger partial charge in [-0.2, -0.15) is 5.10 Å². The monoisotopic (exact) mass is 388 g/mol. The van der Waals surface area contributed by atoms with Crippen molar-refractivity contribution in [3.63, 3.8) is 0 Å². The standard InChI is InChI=1S/C21H32N4O3/c1-6-7-8-18-23-25(13-19(26)22-16-10-21(4,11-16)28-5)20(27)17-9-15(14(2)3)12-24(17)18/h9,12,14,16H,6-8,10-11,13H2,1-5H3,(H,22,26). The van der Waals surface area contributed by atoms with E-state index < -0.39 is 0 Å². The second-order valence-corrected chi connectivity index (χ2v) is 8.49. The van der Waals surface area contributed by atoms with Gasteiger partial charge in [0.05, 0.1) is 5.60 Å². The molecule has 154 valence electrons. The average Bonchev–Trinajstić information content (AvgIpc) is 3.07. The molecule has 7 nitrogen and oxygen atoms in total. The van der Waals surface area contributed by atoms with Crippen LogP contribution in [0.5, 0.6) is 0 Å². The quantitative estimate of drug-likeness (QED) is 0.754. The lowest BCUT2D eigenvalue weighted by atomic mass is 9.77. The molecule has 2 aromatic rings. The normalized spacial score (nSPS) is 21.9. The number of rotatable bonds is 8. The molecule has 0 aliphatic heterocycles. The molecule has 1 fully saturated rings. The number of hydrogen-bond donors (Lipinski definition) is 1. The summed E-state index contributed by atoms with van der Waals surface area (Å²) in [6, 6.07) is 2.02. The summed E-state index contributed by atoms with van der Waals surface area (Å²) in [6.07, 6.45) is 6.38. The van der Waals surface area contributed by atoms with Crippen molar-refractivity contribution in [1.82, 2.24) is 19.5 Å².